The third-order valence-electron chi connectivity index (χ3n) is 4.33. The monoisotopic (exact) mass is 358 g/mol. The van der Waals surface area contributed by atoms with Crippen molar-refractivity contribution in [2.75, 3.05) is 11.9 Å². The molecule has 1 N–H and O–H groups in total. The van der Waals surface area contributed by atoms with E-state index in [0.717, 1.165) is 31.6 Å². The Labute approximate surface area is 158 Å². The Balaban J connectivity index is 2.19. The van der Waals surface area contributed by atoms with E-state index in [1.54, 1.807) is 0 Å². The Bertz CT molecular complexity index is 678. The zero-order valence-electron chi connectivity index (χ0n) is 17.4. The van der Waals surface area contributed by atoms with Crippen LogP contribution in [0, 0.1) is 11.3 Å². The van der Waals surface area contributed by atoms with Crippen LogP contribution in [0.2, 0.25) is 0 Å². The first-order chi connectivity index (χ1) is 12.0. The van der Waals surface area contributed by atoms with E-state index in [1.807, 2.05) is 33.9 Å². The van der Waals surface area contributed by atoms with Gasteiger partial charge in [-0.05, 0) is 62.7 Å². The third-order valence-corrected chi connectivity index (χ3v) is 4.33. The van der Waals surface area contributed by atoms with Crippen LogP contribution < -0.4 is 5.32 Å². The predicted molar refractivity (Wildman–Crippen MR) is 108 cm³/mol. The zero-order chi connectivity index (χ0) is 19.5. The van der Waals surface area contributed by atoms with Crippen molar-refractivity contribution < 1.29 is 9.53 Å². The van der Waals surface area contributed by atoms with Gasteiger partial charge in [-0.25, -0.2) is 4.98 Å². The number of nitrogens with zero attached hydrogens (tertiary/aromatic N) is 1. The summed E-state index contributed by atoms with van der Waals surface area (Å²) in [6.45, 7) is 15.3. The van der Waals surface area contributed by atoms with Crippen molar-refractivity contribution in [3.05, 3.63) is 29.5 Å². The highest BCUT2D eigenvalue weighted by Crippen LogP contribution is 2.34. The lowest BCUT2D eigenvalue weighted by atomic mass is 9.86. The van der Waals surface area contributed by atoms with Crippen LogP contribution in [-0.4, -0.2) is 23.1 Å². The molecule has 1 aromatic heterocycles. The summed E-state index contributed by atoms with van der Waals surface area (Å²) < 4.78 is 5.53. The van der Waals surface area contributed by atoms with E-state index in [-0.39, 0.29) is 17.3 Å². The zero-order valence-corrected chi connectivity index (χ0v) is 17.4. The molecule has 0 fully saturated rings. The summed E-state index contributed by atoms with van der Waals surface area (Å²) in [5.74, 6) is 0.766. The van der Waals surface area contributed by atoms with E-state index < -0.39 is 5.60 Å². The molecule has 0 bridgehead atoms. The lowest BCUT2D eigenvalue weighted by Gasteiger charge is -2.23. The topological polar surface area (TPSA) is 51.2 Å². The number of hydrogen-bond donors (Lipinski definition) is 1. The van der Waals surface area contributed by atoms with Gasteiger partial charge in [0.2, 0.25) is 0 Å². The largest absolute Gasteiger partial charge is 0.460 e. The minimum atomic E-state index is -0.437. The maximum absolute atomic E-state index is 12.3. The Morgan fingerprint density at radius 1 is 1.31 bits per heavy atom. The van der Waals surface area contributed by atoms with Gasteiger partial charge < -0.3 is 10.1 Å². The van der Waals surface area contributed by atoms with E-state index >= 15 is 0 Å². The number of nitrogens with one attached hydrogen (secondary N) is 1. The summed E-state index contributed by atoms with van der Waals surface area (Å²) >= 11 is 0. The molecule has 0 amide bonds. The molecular formula is C22H34N2O2. The van der Waals surface area contributed by atoms with E-state index in [1.165, 1.54) is 16.7 Å². The molecule has 4 nitrogen and oxygen atoms in total. The Hall–Kier alpha value is -1.84. The lowest BCUT2D eigenvalue weighted by molar-refractivity contribution is -0.159. The van der Waals surface area contributed by atoms with Gasteiger partial charge in [0.15, 0.2) is 0 Å². The second-order valence-electron chi connectivity index (χ2n) is 9.37. The van der Waals surface area contributed by atoms with Crippen LogP contribution >= 0.6 is 0 Å². The van der Waals surface area contributed by atoms with E-state index in [4.69, 9.17) is 4.74 Å². The van der Waals surface area contributed by atoms with Gasteiger partial charge in [0.05, 0.1) is 5.92 Å². The van der Waals surface area contributed by atoms with Gasteiger partial charge in [0.1, 0.15) is 11.4 Å². The second kappa shape index (κ2) is 7.81. The first-order valence-electron chi connectivity index (χ1n) is 9.63. The van der Waals surface area contributed by atoms with Crippen LogP contribution in [0.4, 0.5) is 5.82 Å². The van der Waals surface area contributed by atoms with Crippen molar-refractivity contribution in [3.8, 4) is 0 Å². The molecule has 1 aliphatic heterocycles. The van der Waals surface area contributed by atoms with Gasteiger partial charge in [0, 0.05) is 18.3 Å². The molecule has 0 spiro atoms. The van der Waals surface area contributed by atoms with E-state index in [9.17, 15) is 4.79 Å². The maximum Gasteiger partial charge on any atom is 0.309 e. The first kappa shape index (κ1) is 20.5. The maximum atomic E-state index is 12.3. The van der Waals surface area contributed by atoms with Gasteiger partial charge in [0.25, 0.3) is 0 Å². The number of rotatable bonds is 5. The fraction of sp³-hybridized carbons (Fsp3) is 0.636. The average molecular weight is 359 g/mol. The number of anilines is 1. The highest BCUT2D eigenvalue weighted by molar-refractivity contribution is 5.75. The van der Waals surface area contributed by atoms with Gasteiger partial charge in [-0.1, -0.05) is 33.8 Å². The van der Waals surface area contributed by atoms with Crippen LogP contribution in [0.25, 0.3) is 5.57 Å². The number of aromatic nitrogens is 1. The van der Waals surface area contributed by atoms with Crippen molar-refractivity contribution in [3.63, 3.8) is 0 Å². The summed E-state index contributed by atoms with van der Waals surface area (Å²) in [6.07, 6.45) is 6.85. The number of esters is 1. The fourth-order valence-corrected chi connectivity index (χ4v) is 3.20. The summed E-state index contributed by atoms with van der Waals surface area (Å²) in [5, 5.41) is 3.35. The number of carbonyl (C=O) groups excluding carboxylic acids is 1. The summed E-state index contributed by atoms with van der Waals surface area (Å²) in [7, 11) is 0. The molecule has 0 saturated heterocycles. The normalized spacial score (nSPS) is 16.0. The van der Waals surface area contributed by atoms with Crippen LogP contribution in [0.5, 0.6) is 0 Å². The Morgan fingerprint density at radius 3 is 2.62 bits per heavy atom. The minimum absolute atomic E-state index is 0.0761. The molecule has 1 unspecified atom stereocenters. The molecule has 1 atom stereocenters. The molecular weight excluding hydrogens is 324 g/mol. The van der Waals surface area contributed by atoms with Crippen LogP contribution in [0.15, 0.2) is 18.3 Å². The first-order valence-corrected chi connectivity index (χ1v) is 9.63. The average Bonchev–Trinajstić information content (AvgIpc) is 2.96. The molecule has 1 aliphatic rings. The number of carbonyl (C=O) groups is 1. The van der Waals surface area contributed by atoms with Crippen molar-refractivity contribution in [1.82, 2.24) is 4.98 Å². The Morgan fingerprint density at radius 2 is 2.00 bits per heavy atom. The highest BCUT2D eigenvalue weighted by Gasteiger charge is 2.24. The van der Waals surface area contributed by atoms with Crippen molar-refractivity contribution in [1.29, 1.82) is 0 Å². The molecule has 4 heteroatoms. The molecule has 144 valence electrons. The lowest BCUT2D eigenvalue weighted by Crippen LogP contribution is -2.27. The highest BCUT2D eigenvalue weighted by atomic mass is 16.6. The Kier molecular flexibility index (Phi) is 6.15. The number of ether oxygens (including phenoxy) is 1. The molecule has 0 saturated carbocycles. The summed E-state index contributed by atoms with van der Waals surface area (Å²) in [6, 6.07) is 2.11. The molecule has 2 heterocycles. The number of allylic oxidation sites excluding steroid dienone is 2. The van der Waals surface area contributed by atoms with Gasteiger partial charge in [-0.15, -0.1) is 0 Å². The summed E-state index contributed by atoms with van der Waals surface area (Å²) in [4.78, 5) is 16.8. The predicted octanol–water partition coefficient (Wildman–Crippen LogP) is 5.24. The van der Waals surface area contributed by atoms with E-state index in [0.29, 0.717) is 0 Å². The SMILES string of the molecule is CC(CC/C(=C\C(C)(C)C)c1ccnc2c1CCN2)C(=O)OC(C)(C)C. The molecule has 2 rings (SSSR count). The quantitative estimate of drug-likeness (QED) is 0.732. The molecule has 0 radical (unpaired) electrons. The molecule has 0 aliphatic carbocycles. The molecule has 1 aromatic rings. The number of hydrogen-bond acceptors (Lipinski definition) is 4. The number of pyridine rings is 1. The van der Waals surface area contributed by atoms with Crippen molar-refractivity contribution >= 4 is 17.4 Å². The fourth-order valence-electron chi connectivity index (χ4n) is 3.20. The van der Waals surface area contributed by atoms with Crippen molar-refractivity contribution in [2.24, 2.45) is 11.3 Å². The summed E-state index contributed by atoms with van der Waals surface area (Å²) in [5.41, 5.74) is 3.51. The van der Waals surface area contributed by atoms with E-state index in [2.05, 4.69) is 43.2 Å². The molecule has 0 aromatic carbocycles. The third kappa shape index (κ3) is 5.86. The van der Waals surface area contributed by atoms with Gasteiger partial charge in [-0.2, -0.15) is 0 Å². The van der Waals surface area contributed by atoms with Gasteiger partial charge >= 0.3 is 5.97 Å². The number of fused-ring (bicyclic) bond motifs is 1. The minimum Gasteiger partial charge on any atom is -0.460 e. The van der Waals surface area contributed by atoms with Crippen molar-refractivity contribution in [2.45, 2.75) is 73.3 Å². The second-order valence-corrected chi connectivity index (χ2v) is 9.37. The van der Waals surface area contributed by atoms with Crippen LogP contribution in [0.1, 0.15) is 72.4 Å². The van der Waals surface area contributed by atoms with Crippen LogP contribution in [-0.2, 0) is 16.0 Å². The smallest absolute Gasteiger partial charge is 0.309 e. The standard InChI is InChI=1S/C22H34N2O2/c1-15(20(25)26-22(5,6)7)8-9-16(14-21(2,3)4)17-10-12-23-19-18(17)11-13-24-19/h10,12,14-15H,8-9,11,13H2,1-7H3,(H,23,24)/b16-14+. The van der Waals surface area contributed by atoms with Gasteiger partial charge in [-0.3, -0.25) is 4.79 Å². The van der Waals surface area contributed by atoms with Crippen LogP contribution in [0.3, 0.4) is 0 Å². The molecule has 26 heavy (non-hydrogen) atoms.